The fourth-order valence-corrected chi connectivity index (χ4v) is 3.39. The molecule has 0 radical (unpaired) electrons. The normalized spacial score (nSPS) is 13.6. The molecule has 1 heterocycles. The topological polar surface area (TPSA) is 87.7 Å². The SMILES string of the molecule is O=C(CCNC(=O)c1cc(F)ccc1Br)Nc1cccc(C(=O)N2CCOCC2)c1. The second-order valence-corrected chi connectivity index (χ2v) is 7.52. The minimum atomic E-state index is -0.521. The van der Waals surface area contributed by atoms with Gasteiger partial charge in [0.2, 0.25) is 5.91 Å². The third kappa shape index (κ3) is 5.87. The zero-order chi connectivity index (χ0) is 21.5. The van der Waals surface area contributed by atoms with Crippen LogP contribution in [-0.2, 0) is 9.53 Å². The lowest BCUT2D eigenvalue weighted by Gasteiger charge is -2.27. The van der Waals surface area contributed by atoms with E-state index in [9.17, 15) is 18.8 Å². The molecule has 0 spiro atoms. The molecule has 1 aliphatic rings. The Morgan fingerprint density at radius 1 is 1.10 bits per heavy atom. The zero-order valence-corrected chi connectivity index (χ0v) is 17.7. The van der Waals surface area contributed by atoms with Gasteiger partial charge in [0.05, 0.1) is 18.8 Å². The molecule has 1 aliphatic heterocycles. The first kappa shape index (κ1) is 21.9. The third-order valence-corrected chi connectivity index (χ3v) is 5.19. The van der Waals surface area contributed by atoms with Crippen molar-refractivity contribution in [3.05, 3.63) is 63.9 Å². The lowest BCUT2D eigenvalue weighted by Crippen LogP contribution is -2.40. The molecule has 158 valence electrons. The molecule has 1 fully saturated rings. The maximum absolute atomic E-state index is 13.3. The Morgan fingerprint density at radius 2 is 1.87 bits per heavy atom. The Bertz CT molecular complexity index is 948. The van der Waals surface area contributed by atoms with Gasteiger partial charge in [0, 0.05) is 41.8 Å². The number of anilines is 1. The Balaban J connectivity index is 1.50. The van der Waals surface area contributed by atoms with Crippen molar-refractivity contribution in [2.45, 2.75) is 6.42 Å². The highest BCUT2D eigenvalue weighted by Crippen LogP contribution is 2.18. The van der Waals surface area contributed by atoms with Crippen molar-refractivity contribution < 1.29 is 23.5 Å². The highest BCUT2D eigenvalue weighted by atomic mass is 79.9. The minimum Gasteiger partial charge on any atom is -0.378 e. The van der Waals surface area contributed by atoms with Gasteiger partial charge < -0.3 is 20.3 Å². The molecular formula is C21H21BrFN3O4. The first-order valence-corrected chi connectivity index (χ1v) is 10.2. The molecule has 0 unspecified atom stereocenters. The van der Waals surface area contributed by atoms with Crippen LogP contribution in [0, 0.1) is 5.82 Å². The predicted octanol–water partition coefficient (Wildman–Crippen LogP) is 2.82. The molecule has 2 aromatic rings. The number of halogens is 2. The number of hydrogen-bond donors (Lipinski definition) is 2. The summed E-state index contributed by atoms with van der Waals surface area (Å²) in [7, 11) is 0. The summed E-state index contributed by atoms with van der Waals surface area (Å²) in [6, 6.07) is 10.5. The van der Waals surface area contributed by atoms with Crippen LogP contribution in [0.1, 0.15) is 27.1 Å². The summed E-state index contributed by atoms with van der Waals surface area (Å²) in [5, 5.41) is 5.31. The molecule has 30 heavy (non-hydrogen) atoms. The Labute approximate surface area is 181 Å². The molecule has 3 amide bonds. The van der Waals surface area contributed by atoms with Crippen molar-refractivity contribution >= 4 is 39.3 Å². The Hall–Kier alpha value is -2.78. The monoisotopic (exact) mass is 477 g/mol. The van der Waals surface area contributed by atoms with E-state index in [2.05, 4.69) is 26.6 Å². The van der Waals surface area contributed by atoms with Crippen molar-refractivity contribution in [1.29, 1.82) is 0 Å². The van der Waals surface area contributed by atoms with Crippen LogP contribution in [-0.4, -0.2) is 55.5 Å². The van der Waals surface area contributed by atoms with Gasteiger partial charge in [-0.15, -0.1) is 0 Å². The maximum atomic E-state index is 13.3. The number of nitrogens with one attached hydrogen (secondary N) is 2. The van der Waals surface area contributed by atoms with E-state index in [0.717, 1.165) is 6.07 Å². The van der Waals surface area contributed by atoms with Crippen molar-refractivity contribution in [2.24, 2.45) is 0 Å². The van der Waals surface area contributed by atoms with E-state index in [1.807, 2.05) is 0 Å². The van der Waals surface area contributed by atoms with Gasteiger partial charge in [-0.25, -0.2) is 4.39 Å². The van der Waals surface area contributed by atoms with Crippen LogP contribution in [0.4, 0.5) is 10.1 Å². The molecule has 7 nitrogen and oxygen atoms in total. The third-order valence-electron chi connectivity index (χ3n) is 4.50. The van der Waals surface area contributed by atoms with Gasteiger partial charge in [0.15, 0.2) is 0 Å². The summed E-state index contributed by atoms with van der Waals surface area (Å²) in [4.78, 5) is 38.6. The van der Waals surface area contributed by atoms with Crippen LogP contribution in [0.25, 0.3) is 0 Å². The highest BCUT2D eigenvalue weighted by Gasteiger charge is 2.19. The summed E-state index contributed by atoms with van der Waals surface area (Å²) in [6.45, 7) is 2.19. The number of hydrogen-bond acceptors (Lipinski definition) is 4. The van der Waals surface area contributed by atoms with Crippen molar-refractivity contribution in [3.8, 4) is 0 Å². The number of ether oxygens (including phenoxy) is 1. The Morgan fingerprint density at radius 3 is 2.63 bits per heavy atom. The number of benzene rings is 2. The Kier molecular flexibility index (Phi) is 7.53. The first-order chi connectivity index (χ1) is 14.4. The number of morpholine rings is 1. The van der Waals surface area contributed by atoms with E-state index in [4.69, 9.17) is 4.74 Å². The molecule has 1 saturated heterocycles. The van der Waals surface area contributed by atoms with E-state index in [-0.39, 0.29) is 30.3 Å². The van der Waals surface area contributed by atoms with Crippen molar-refractivity contribution in [3.63, 3.8) is 0 Å². The summed E-state index contributed by atoms with van der Waals surface area (Å²) in [6.07, 6.45) is 0.0281. The average Bonchev–Trinajstić information content (AvgIpc) is 2.75. The van der Waals surface area contributed by atoms with Gasteiger partial charge >= 0.3 is 0 Å². The molecule has 0 saturated carbocycles. The lowest BCUT2D eigenvalue weighted by molar-refractivity contribution is -0.116. The smallest absolute Gasteiger partial charge is 0.254 e. The van der Waals surface area contributed by atoms with E-state index in [1.54, 1.807) is 29.2 Å². The number of amides is 3. The molecular weight excluding hydrogens is 457 g/mol. The van der Waals surface area contributed by atoms with Gasteiger partial charge in [-0.1, -0.05) is 6.07 Å². The largest absolute Gasteiger partial charge is 0.378 e. The van der Waals surface area contributed by atoms with Gasteiger partial charge in [-0.05, 0) is 52.3 Å². The van der Waals surface area contributed by atoms with Crippen molar-refractivity contribution in [2.75, 3.05) is 38.2 Å². The lowest BCUT2D eigenvalue weighted by atomic mass is 10.1. The van der Waals surface area contributed by atoms with E-state index < -0.39 is 11.7 Å². The molecule has 0 aliphatic carbocycles. The molecule has 0 aromatic heterocycles. The van der Waals surface area contributed by atoms with Crippen LogP contribution in [0.3, 0.4) is 0 Å². The summed E-state index contributed by atoms with van der Waals surface area (Å²) in [5.74, 6) is -1.42. The van der Waals surface area contributed by atoms with Gasteiger partial charge in [0.25, 0.3) is 11.8 Å². The molecule has 0 bridgehead atoms. The zero-order valence-electron chi connectivity index (χ0n) is 16.1. The van der Waals surface area contributed by atoms with Gasteiger partial charge in [-0.2, -0.15) is 0 Å². The second kappa shape index (κ2) is 10.3. The van der Waals surface area contributed by atoms with Gasteiger partial charge in [-0.3, -0.25) is 14.4 Å². The quantitative estimate of drug-likeness (QED) is 0.669. The maximum Gasteiger partial charge on any atom is 0.254 e. The predicted molar refractivity (Wildman–Crippen MR) is 113 cm³/mol. The summed E-state index contributed by atoms with van der Waals surface area (Å²) >= 11 is 3.20. The fraction of sp³-hybridized carbons (Fsp3) is 0.286. The molecule has 9 heteroatoms. The van der Waals surface area contributed by atoms with E-state index in [1.165, 1.54) is 12.1 Å². The van der Waals surface area contributed by atoms with Crippen molar-refractivity contribution in [1.82, 2.24) is 10.2 Å². The van der Waals surface area contributed by atoms with E-state index in [0.29, 0.717) is 42.0 Å². The minimum absolute atomic E-state index is 0.0281. The summed E-state index contributed by atoms with van der Waals surface area (Å²) in [5.41, 5.74) is 1.14. The number of carbonyl (C=O) groups is 3. The summed E-state index contributed by atoms with van der Waals surface area (Å²) < 4.78 is 19.0. The average molecular weight is 478 g/mol. The van der Waals surface area contributed by atoms with E-state index >= 15 is 0 Å². The number of carbonyl (C=O) groups excluding carboxylic acids is 3. The fourth-order valence-electron chi connectivity index (χ4n) is 2.96. The highest BCUT2D eigenvalue weighted by molar-refractivity contribution is 9.10. The first-order valence-electron chi connectivity index (χ1n) is 9.44. The van der Waals surface area contributed by atoms with Gasteiger partial charge in [0.1, 0.15) is 5.82 Å². The van der Waals surface area contributed by atoms with Crippen LogP contribution in [0.5, 0.6) is 0 Å². The van der Waals surface area contributed by atoms with Crippen LogP contribution < -0.4 is 10.6 Å². The molecule has 0 atom stereocenters. The van der Waals surface area contributed by atoms with Crippen LogP contribution in [0.2, 0.25) is 0 Å². The number of nitrogens with zero attached hydrogens (tertiary/aromatic N) is 1. The molecule has 2 N–H and O–H groups in total. The van der Waals surface area contributed by atoms with Crippen LogP contribution >= 0.6 is 15.9 Å². The van der Waals surface area contributed by atoms with Crippen LogP contribution in [0.15, 0.2) is 46.9 Å². The molecule has 3 rings (SSSR count). The number of rotatable bonds is 6. The second-order valence-electron chi connectivity index (χ2n) is 6.66. The molecule has 2 aromatic carbocycles. The standard InChI is InChI=1S/C21H21BrFN3O4/c22-18-5-4-15(23)13-17(18)20(28)24-7-6-19(27)25-16-3-1-2-14(12-16)21(29)26-8-10-30-11-9-26/h1-5,12-13H,6-11H2,(H,24,28)(H,25,27).